The lowest BCUT2D eigenvalue weighted by molar-refractivity contribution is 1.40. The number of thiophene rings is 1. The minimum Gasteiger partial charge on any atom is -0.144 e. The van der Waals surface area contributed by atoms with Gasteiger partial charge in [0.05, 0.1) is 0 Å². The molecule has 0 nitrogen and oxygen atoms in total. The van der Waals surface area contributed by atoms with Gasteiger partial charge in [-0.05, 0) is 40.9 Å². The second kappa shape index (κ2) is 3.60. The molecule has 0 spiro atoms. The van der Waals surface area contributed by atoms with E-state index in [-0.39, 0.29) is 0 Å². The summed E-state index contributed by atoms with van der Waals surface area (Å²) < 4.78 is 2.42. The van der Waals surface area contributed by atoms with Crippen LogP contribution in [-0.4, -0.2) is 0 Å². The zero-order valence-electron chi connectivity index (χ0n) is 7.10. The second-order valence-corrected chi connectivity index (χ2v) is 5.02. The van der Waals surface area contributed by atoms with Crippen molar-refractivity contribution in [2.75, 3.05) is 0 Å². The Bertz CT molecular complexity index is 447. The minimum atomic E-state index is 0.563. The lowest BCUT2D eigenvalue weighted by Crippen LogP contribution is -1.79. The van der Waals surface area contributed by atoms with Crippen LogP contribution < -0.4 is 0 Å². The molecule has 2 rings (SSSR count). The Morgan fingerprint density at radius 1 is 1.46 bits per heavy atom. The highest BCUT2D eigenvalue weighted by molar-refractivity contribution is 9.10. The monoisotopic (exact) mass is 274 g/mol. The average molecular weight is 276 g/mol. The number of aryl methyl sites for hydroxylation is 1. The molecule has 0 bridgehead atoms. The van der Waals surface area contributed by atoms with E-state index in [1.807, 2.05) is 0 Å². The molecule has 13 heavy (non-hydrogen) atoms. The number of hydrogen-bond donors (Lipinski definition) is 0. The summed E-state index contributed by atoms with van der Waals surface area (Å²) in [6.45, 7) is 2.13. The highest BCUT2D eigenvalue weighted by Gasteiger charge is 2.04. The van der Waals surface area contributed by atoms with Crippen molar-refractivity contribution in [3.05, 3.63) is 33.1 Å². The molecule has 0 aliphatic heterocycles. The Morgan fingerprint density at radius 3 is 2.92 bits per heavy atom. The van der Waals surface area contributed by atoms with Gasteiger partial charge in [0.15, 0.2) is 0 Å². The van der Waals surface area contributed by atoms with E-state index in [0.29, 0.717) is 5.88 Å². The van der Waals surface area contributed by atoms with Crippen LogP contribution in [-0.2, 0) is 5.88 Å². The zero-order valence-corrected chi connectivity index (χ0v) is 10.3. The molecule has 0 aliphatic rings. The molecule has 0 aliphatic carbocycles. The maximum Gasteiger partial charge on any atom is 0.0485 e. The maximum atomic E-state index is 5.81. The van der Waals surface area contributed by atoms with Gasteiger partial charge in [-0.2, -0.15) is 0 Å². The van der Waals surface area contributed by atoms with E-state index in [4.69, 9.17) is 11.6 Å². The van der Waals surface area contributed by atoms with E-state index >= 15 is 0 Å². The molecule has 3 heteroatoms. The quantitative estimate of drug-likeness (QED) is 0.661. The van der Waals surface area contributed by atoms with Crippen molar-refractivity contribution in [3.63, 3.8) is 0 Å². The van der Waals surface area contributed by atoms with Crippen LogP contribution in [0.25, 0.3) is 10.1 Å². The lowest BCUT2D eigenvalue weighted by Gasteiger charge is -2.00. The van der Waals surface area contributed by atoms with Gasteiger partial charge >= 0.3 is 0 Å². The van der Waals surface area contributed by atoms with Gasteiger partial charge < -0.3 is 0 Å². The van der Waals surface area contributed by atoms with E-state index in [1.54, 1.807) is 11.3 Å². The molecule has 2 aromatic rings. The number of fused-ring (bicyclic) bond motifs is 1. The molecular weight excluding hydrogens is 268 g/mol. The van der Waals surface area contributed by atoms with E-state index < -0.39 is 0 Å². The molecule has 0 unspecified atom stereocenters. The number of rotatable bonds is 1. The molecule has 1 aromatic heterocycles. The Balaban J connectivity index is 2.76. The van der Waals surface area contributed by atoms with Crippen LogP contribution in [0.4, 0.5) is 0 Å². The first-order chi connectivity index (χ1) is 6.22. The fourth-order valence-electron chi connectivity index (χ4n) is 1.32. The van der Waals surface area contributed by atoms with Crippen LogP contribution in [0.1, 0.15) is 11.1 Å². The maximum absolute atomic E-state index is 5.81. The van der Waals surface area contributed by atoms with Crippen molar-refractivity contribution < 1.29 is 0 Å². The van der Waals surface area contributed by atoms with Crippen LogP contribution in [0.5, 0.6) is 0 Å². The van der Waals surface area contributed by atoms with Crippen LogP contribution in [0, 0.1) is 6.92 Å². The zero-order chi connectivity index (χ0) is 9.42. The van der Waals surface area contributed by atoms with Crippen molar-refractivity contribution >= 4 is 49.0 Å². The predicted molar refractivity (Wildman–Crippen MR) is 63.8 cm³/mol. The first-order valence-electron chi connectivity index (χ1n) is 3.94. The molecule has 0 atom stereocenters. The first-order valence-corrected chi connectivity index (χ1v) is 6.15. The SMILES string of the molecule is Cc1csc2cc(CCl)c(Br)cc12. The molecule has 0 saturated carbocycles. The average Bonchev–Trinajstić information content (AvgIpc) is 2.47. The molecule has 0 saturated heterocycles. The largest absolute Gasteiger partial charge is 0.144 e. The van der Waals surface area contributed by atoms with Gasteiger partial charge in [-0.3, -0.25) is 0 Å². The summed E-state index contributed by atoms with van der Waals surface area (Å²) in [7, 11) is 0. The van der Waals surface area contributed by atoms with Gasteiger partial charge in [-0.25, -0.2) is 0 Å². The first kappa shape index (κ1) is 9.50. The second-order valence-electron chi connectivity index (χ2n) is 2.99. The summed E-state index contributed by atoms with van der Waals surface area (Å²) in [6, 6.07) is 4.31. The van der Waals surface area contributed by atoms with Crippen LogP contribution in [0.2, 0.25) is 0 Å². The van der Waals surface area contributed by atoms with Crippen molar-refractivity contribution in [1.82, 2.24) is 0 Å². The Hall–Kier alpha value is -0.0500. The highest BCUT2D eigenvalue weighted by Crippen LogP contribution is 2.31. The molecule has 0 N–H and O–H groups in total. The summed E-state index contributed by atoms with van der Waals surface area (Å²) in [5.41, 5.74) is 2.50. The van der Waals surface area contributed by atoms with Crippen LogP contribution >= 0.6 is 38.9 Å². The topological polar surface area (TPSA) is 0 Å². The van der Waals surface area contributed by atoms with Crippen LogP contribution in [0.15, 0.2) is 22.0 Å². The summed E-state index contributed by atoms with van der Waals surface area (Å²) in [4.78, 5) is 0. The van der Waals surface area contributed by atoms with E-state index in [1.165, 1.54) is 15.6 Å². The lowest BCUT2D eigenvalue weighted by atomic mass is 10.1. The summed E-state index contributed by atoms with van der Waals surface area (Å²) in [6.07, 6.45) is 0. The molecule has 0 fully saturated rings. The summed E-state index contributed by atoms with van der Waals surface area (Å²) in [5.74, 6) is 0.563. The van der Waals surface area contributed by atoms with Crippen molar-refractivity contribution in [2.24, 2.45) is 0 Å². The third kappa shape index (κ3) is 1.63. The molecule has 1 aromatic carbocycles. The van der Waals surface area contributed by atoms with Gasteiger partial charge in [-0.15, -0.1) is 22.9 Å². The smallest absolute Gasteiger partial charge is 0.0485 e. The van der Waals surface area contributed by atoms with Gasteiger partial charge in [0.25, 0.3) is 0 Å². The molecule has 0 amide bonds. The van der Waals surface area contributed by atoms with E-state index in [9.17, 15) is 0 Å². The summed E-state index contributed by atoms with van der Waals surface area (Å²) in [5, 5.41) is 3.50. The van der Waals surface area contributed by atoms with E-state index in [0.717, 1.165) is 10.0 Å². The van der Waals surface area contributed by atoms with Crippen LogP contribution in [0.3, 0.4) is 0 Å². The number of alkyl halides is 1. The third-order valence-electron chi connectivity index (χ3n) is 2.08. The molecular formula is C10H8BrClS. The Kier molecular flexibility index (Phi) is 2.63. The van der Waals surface area contributed by atoms with Crippen molar-refractivity contribution in [2.45, 2.75) is 12.8 Å². The minimum absolute atomic E-state index is 0.563. The number of halogens is 2. The molecule has 0 radical (unpaired) electrons. The fraction of sp³-hybridized carbons (Fsp3) is 0.200. The summed E-state index contributed by atoms with van der Waals surface area (Å²) >= 11 is 11.1. The van der Waals surface area contributed by atoms with E-state index in [2.05, 4.69) is 40.4 Å². The fourth-order valence-corrected chi connectivity index (χ4v) is 3.17. The van der Waals surface area contributed by atoms with Gasteiger partial charge in [0.1, 0.15) is 0 Å². The predicted octanol–water partition coefficient (Wildman–Crippen LogP) is 4.71. The van der Waals surface area contributed by atoms with Gasteiger partial charge in [0, 0.05) is 15.1 Å². The van der Waals surface area contributed by atoms with Gasteiger partial charge in [-0.1, -0.05) is 15.9 Å². The number of hydrogen-bond acceptors (Lipinski definition) is 1. The van der Waals surface area contributed by atoms with Crippen molar-refractivity contribution in [3.8, 4) is 0 Å². The Morgan fingerprint density at radius 2 is 2.23 bits per heavy atom. The molecule has 1 heterocycles. The highest BCUT2D eigenvalue weighted by atomic mass is 79.9. The Labute approximate surface area is 94.7 Å². The third-order valence-corrected chi connectivity index (χ3v) is 4.17. The van der Waals surface area contributed by atoms with Gasteiger partial charge in [0.2, 0.25) is 0 Å². The van der Waals surface area contributed by atoms with Crippen molar-refractivity contribution in [1.29, 1.82) is 0 Å². The standard InChI is InChI=1S/C10H8BrClS/c1-6-5-13-10-2-7(4-12)9(11)3-8(6)10/h2-3,5H,4H2,1H3. The number of benzene rings is 1. The normalized spacial score (nSPS) is 11.0. The molecule has 68 valence electrons.